The number of nitrogens with zero attached hydrogens (tertiary/aromatic N) is 1. The zero-order valence-corrected chi connectivity index (χ0v) is 7.88. The topological polar surface area (TPSA) is 69.4 Å². The molecule has 0 heterocycles. The standard InChI is InChI=1S/C10H9NO4/c1-2-10(12)15-9-5-3-8(4-6-9)7-11(13)14/h2-6H,1,7H2. The van der Waals surface area contributed by atoms with Crippen molar-refractivity contribution in [2.45, 2.75) is 6.54 Å². The van der Waals surface area contributed by atoms with Crippen molar-refractivity contribution in [1.82, 2.24) is 0 Å². The lowest BCUT2D eigenvalue weighted by Crippen LogP contribution is -2.03. The molecule has 0 aliphatic carbocycles. The van der Waals surface area contributed by atoms with E-state index >= 15 is 0 Å². The summed E-state index contributed by atoms with van der Waals surface area (Å²) in [6.45, 7) is 3.01. The highest BCUT2D eigenvalue weighted by Crippen LogP contribution is 2.12. The molecule has 0 saturated heterocycles. The van der Waals surface area contributed by atoms with Crippen LogP contribution in [-0.4, -0.2) is 10.9 Å². The monoisotopic (exact) mass is 207 g/mol. The Morgan fingerprint density at radius 3 is 2.53 bits per heavy atom. The van der Waals surface area contributed by atoms with Gasteiger partial charge in [0.25, 0.3) is 0 Å². The van der Waals surface area contributed by atoms with E-state index in [9.17, 15) is 14.9 Å². The summed E-state index contributed by atoms with van der Waals surface area (Å²) >= 11 is 0. The van der Waals surface area contributed by atoms with Crippen LogP contribution in [0, 0.1) is 10.1 Å². The minimum absolute atomic E-state index is 0.240. The number of esters is 1. The number of hydrogen-bond acceptors (Lipinski definition) is 4. The van der Waals surface area contributed by atoms with E-state index in [4.69, 9.17) is 4.74 Å². The zero-order chi connectivity index (χ0) is 11.3. The summed E-state index contributed by atoms with van der Waals surface area (Å²) in [6, 6.07) is 6.07. The van der Waals surface area contributed by atoms with Gasteiger partial charge in [0.15, 0.2) is 0 Å². The van der Waals surface area contributed by atoms with Gasteiger partial charge in [-0.15, -0.1) is 0 Å². The van der Waals surface area contributed by atoms with E-state index in [-0.39, 0.29) is 6.54 Å². The zero-order valence-electron chi connectivity index (χ0n) is 7.88. The van der Waals surface area contributed by atoms with Crippen LogP contribution in [0.1, 0.15) is 5.56 Å². The van der Waals surface area contributed by atoms with Gasteiger partial charge < -0.3 is 4.74 Å². The van der Waals surface area contributed by atoms with Crippen LogP contribution in [0.4, 0.5) is 0 Å². The second-order valence-corrected chi connectivity index (χ2v) is 2.76. The van der Waals surface area contributed by atoms with E-state index in [0.717, 1.165) is 6.08 Å². The first-order valence-corrected chi connectivity index (χ1v) is 4.17. The predicted octanol–water partition coefficient (Wildman–Crippen LogP) is 1.55. The van der Waals surface area contributed by atoms with Gasteiger partial charge >= 0.3 is 5.97 Å². The highest BCUT2D eigenvalue weighted by Gasteiger charge is 2.03. The molecular weight excluding hydrogens is 198 g/mol. The Morgan fingerprint density at radius 2 is 2.07 bits per heavy atom. The van der Waals surface area contributed by atoms with Gasteiger partial charge in [-0.1, -0.05) is 6.58 Å². The van der Waals surface area contributed by atoms with Crippen molar-refractivity contribution in [1.29, 1.82) is 0 Å². The molecule has 78 valence electrons. The van der Waals surface area contributed by atoms with Crippen LogP contribution >= 0.6 is 0 Å². The Hall–Kier alpha value is -2.17. The average Bonchev–Trinajstić information content (AvgIpc) is 2.20. The van der Waals surface area contributed by atoms with E-state index in [1.54, 1.807) is 0 Å². The lowest BCUT2D eigenvalue weighted by atomic mass is 10.2. The summed E-state index contributed by atoms with van der Waals surface area (Å²) in [5, 5.41) is 10.2. The number of rotatable bonds is 4. The van der Waals surface area contributed by atoms with Crippen molar-refractivity contribution in [3.63, 3.8) is 0 Å². The maximum atomic E-state index is 10.8. The number of nitro groups is 1. The second kappa shape index (κ2) is 4.90. The fraction of sp³-hybridized carbons (Fsp3) is 0.100. The highest BCUT2D eigenvalue weighted by atomic mass is 16.6. The minimum Gasteiger partial charge on any atom is -0.423 e. The molecule has 15 heavy (non-hydrogen) atoms. The van der Waals surface area contributed by atoms with Gasteiger partial charge in [-0.05, 0) is 24.3 Å². The van der Waals surface area contributed by atoms with Crippen molar-refractivity contribution < 1.29 is 14.5 Å². The number of benzene rings is 1. The average molecular weight is 207 g/mol. The van der Waals surface area contributed by atoms with Crippen LogP contribution < -0.4 is 4.74 Å². The Balaban J connectivity index is 2.67. The number of carbonyl (C=O) groups is 1. The molecule has 0 radical (unpaired) electrons. The third-order valence-corrected chi connectivity index (χ3v) is 1.62. The summed E-state index contributed by atoms with van der Waals surface area (Å²) in [5.74, 6) is -0.218. The Kier molecular flexibility index (Phi) is 3.56. The molecule has 0 spiro atoms. The Morgan fingerprint density at radius 1 is 1.47 bits per heavy atom. The lowest BCUT2D eigenvalue weighted by Gasteiger charge is -2.01. The predicted molar refractivity (Wildman–Crippen MR) is 53.0 cm³/mol. The third kappa shape index (κ3) is 3.60. The summed E-state index contributed by atoms with van der Waals surface area (Å²) in [7, 11) is 0. The van der Waals surface area contributed by atoms with Gasteiger partial charge in [0.2, 0.25) is 6.54 Å². The fourth-order valence-electron chi connectivity index (χ4n) is 0.970. The largest absolute Gasteiger partial charge is 0.423 e. The normalized spacial score (nSPS) is 9.33. The van der Waals surface area contributed by atoms with Gasteiger partial charge in [-0.2, -0.15) is 0 Å². The van der Waals surface area contributed by atoms with Crippen molar-refractivity contribution in [3.8, 4) is 5.75 Å². The molecule has 5 heteroatoms. The van der Waals surface area contributed by atoms with Gasteiger partial charge in [0.1, 0.15) is 5.75 Å². The molecule has 0 N–H and O–H groups in total. The molecule has 0 unspecified atom stereocenters. The molecule has 1 rings (SSSR count). The Bertz CT molecular complexity index is 383. The molecule has 0 fully saturated rings. The van der Waals surface area contributed by atoms with Crippen LogP contribution in [0.25, 0.3) is 0 Å². The maximum absolute atomic E-state index is 10.8. The van der Waals surface area contributed by atoms with Crippen LogP contribution in [0.15, 0.2) is 36.9 Å². The van der Waals surface area contributed by atoms with E-state index in [2.05, 4.69) is 6.58 Å². The van der Waals surface area contributed by atoms with E-state index in [0.29, 0.717) is 11.3 Å². The number of hydrogen-bond donors (Lipinski definition) is 0. The summed E-state index contributed by atoms with van der Waals surface area (Å²) in [4.78, 5) is 20.6. The molecule has 1 aromatic rings. The van der Waals surface area contributed by atoms with E-state index < -0.39 is 10.9 Å². The highest BCUT2D eigenvalue weighted by molar-refractivity contribution is 5.83. The molecule has 5 nitrogen and oxygen atoms in total. The van der Waals surface area contributed by atoms with Crippen molar-refractivity contribution in [2.24, 2.45) is 0 Å². The smallest absolute Gasteiger partial charge is 0.335 e. The van der Waals surface area contributed by atoms with Crippen molar-refractivity contribution in [3.05, 3.63) is 52.6 Å². The first-order valence-electron chi connectivity index (χ1n) is 4.17. The molecular formula is C10H9NO4. The SMILES string of the molecule is C=CC(=O)Oc1ccc(C[N+](=O)[O-])cc1. The minimum atomic E-state index is -0.558. The summed E-state index contributed by atoms with van der Waals surface area (Å²) < 4.78 is 4.80. The van der Waals surface area contributed by atoms with E-state index in [1.165, 1.54) is 24.3 Å². The summed E-state index contributed by atoms with van der Waals surface area (Å²) in [6.07, 6.45) is 1.05. The van der Waals surface area contributed by atoms with Crippen LogP contribution in [0.3, 0.4) is 0 Å². The molecule has 0 aliphatic heterocycles. The van der Waals surface area contributed by atoms with Crippen molar-refractivity contribution in [2.75, 3.05) is 0 Å². The van der Waals surface area contributed by atoms with Gasteiger partial charge in [-0.25, -0.2) is 4.79 Å². The van der Waals surface area contributed by atoms with Crippen LogP contribution in [0.2, 0.25) is 0 Å². The quantitative estimate of drug-likeness (QED) is 0.247. The van der Waals surface area contributed by atoms with Gasteiger partial charge in [0.05, 0.1) is 0 Å². The third-order valence-electron chi connectivity index (χ3n) is 1.62. The first-order chi connectivity index (χ1) is 7.11. The van der Waals surface area contributed by atoms with Crippen molar-refractivity contribution >= 4 is 5.97 Å². The molecule has 0 saturated carbocycles. The maximum Gasteiger partial charge on any atom is 0.335 e. The molecule has 0 atom stereocenters. The molecule has 0 aliphatic rings. The van der Waals surface area contributed by atoms with Gasteiger partial charge in [0, 0.05) is 16.6 Å². The number of carbonyl (C=O) groups excluding carboxylic acids is 1. The lowest BCUT2D eigenvalue weighted by molar-refractivity contribution is -0.496. The molecule has 0 bridgehead atoms. The van der Waals surface area contributed by atoms with E-state index in [1.807, 2.05) is 0 Å². The fourth-order valence-corrected chi connectivity index (χ4v) is 0.970. The number of ether oxygens (including phenoxy) is 1. The molecule has 1 aromatic carbocycles. The first kappa shape index (κ1) is 10.9. The Labute approximate surface area is 86.1 Å². The van der Waals surface area contributed by atoms with Gasteiger partial charge in [-0.3, -0.25) is 10.1 Å². The second-order valence-electron chi connectivity index (χ2n) is 2.76. The summed E-state index contributed by atoms with van der Waals surface area (Å²) in [5.41, 5.74) is 0.554. The molecule has 0 amide bonds. The van der Waals surface area contributed by atoms with Crippen LogP contribution in [0.5, 0.6) is 5.75 Å². The van der Waals surface area contributed by atoms with Crippen LogP contribution in [-0.2, 0) is 11.3 Å². The molecule has 0 aromatic heterocycles.